The highest BCUT2D eigenvalue weighted by Gasteiger charge is 2.49. The fourth-order valence-electron chi connectivity index (χ4n) is 1.72. The number of Topliss-reactive ketones (excluding diaryl/α,β-unsaturated/α-hetero) is 1. The van der Waals surface area contributed by atoms with Gasteiger partial charge in [0.25, 0.3) is 0 Å². The molecule has 76 valence electrons. The van der Waals surface area contributed by atoms with Crippen LogP contribution in [0.4, 0.5) is 0 Å². The molecule has 0 saturated carbocycles. The molecule has 0 aromatic heterocycles. The van der Waals surface area contributed by atoms with Crippen LogP contribution in [0.5, 0.6) is 0 Å². The Morgan fingerprint density at radius 1 is 1.64 bits per heavy atom. The van der Waals surface area contributed by atoms with Crippen LogP contribution >= 0.6 is 0 Å². The van der Waals surface area contributed by atoms with E-state index in [1.807, 2.05) is 6.08 Å². The van der Waals surface area contributed by atoms with E-state index in [0.29, 0.717) is 6.42 Å². The molecule has 1 saturated heterocycles. The average molecular weight is 194 g/mol. The molecule has 2 aliphatic heterocycles. The second-order valence-corrected chi connectivity index (χ2v) is 3.60. The third-order valence-electron chi connectivity index (χ3n) is 2.52. The van der Waals surface area contributed by atoms with Crippen LogP contribution in [0.2, 0.25) is 0 Å². The Kier molecular flexibility index (Phi) is 2.68. The molecule has 0 aromatic rings. The molecule has 2 aliphatic rings. The van der Waals surface area contributed by atoms with E-state index in [2.05, 4.69) is 6.58 Å². The third-order valence-corrected chi connectivity index (χ3v) is 2.52. The minimum absolute atomic E-state index is 0.0209. The number of epoxide rings is 1. The highest BCUT2D eigenvalue weighted by atomic mass is 16.6. The summed E-state index contributed by atoms with van der Waals surface area (Å²) >= 11 is 0. The SMILES string of the molecule is C=CCC(=O)C1OC1C1CCC=CO1. The third kappa shape index (κ3) is 1.87. The van der Waals surface area contributed by atoms with Crippen LogP contribution in [0, 0.1) is 0 Å². The van der Waals surface area contributed by atoms with Gasteiger partial charge < -0.3 is 9.47 Å². The Bertz CT molecular complexity index is 270. The van der Waals surface area contributed by atoms with Gasteiger partial charge in [-0.15, -0.1) is 6.58 Å². The van der Waals surface area contributed by atoms with E-state index in [-0.39, 0.29) is 24.1 Å². The van der Waals surface area contributed by atoms with Gasteiger partial charge in [-0.2, -0.15) is 0 Å². The van der Waals surface area contributed by atoms with Gasteiger partial charge in [0.15, 0.2) is 5.78 Å². The fraction of sp³-hybridized carbons (Fsp3) is 0.545. The number of hydrogen-bond acceptors (Lipinski definition) is 3. The van der Waals surface area contributed by atoms with Crippen LogP contribution in [0.3, 0.4) is 0 Å². The Hall–Kier alpha value is -1.09. The maximum Gasteiger partial charge on any atom is 0.168 e. The Morgan fingerprint density at radius 3 is 3.14 bits per heavy atom. The summed E-state index contributed by atoms with van der Waals surface area (Å²) in [6.45, 7) is 3.53. The zero-order valence-corrected chi connectivity index (χ0v) is 8.02. The van der Waals surface area contributed by atoms with Gasteiger partial charge in [0.05, 0.1) is 6.26 Å². The quantitative estimate of drug-likeness (QED) is 0.504. The van der Waals surface area contributed by atoms with Crippen LogP contribution in [-0.4, -0.2) is 24.1 Å². The van der Waals surface area contributed by atoms with Crippen molar-refractivity contribution >= 4 is 5.78 Å². The van der Waals surface area contributed by atoms with Crippen molar-refractivity contribution < 1.29 is 14.3 Å². The van der Waals surface area contributed by atoms with Crippen molar-refractivity contribution in [1.29, 1.82) is 0 Å². The van der Waals surface area contributed by atoms with Crippen LogP contribution in [-0.2, 0) is 14.3 Å². The predicted molar refractivity (Wildman–Crippen MR) is 51.7 cm³/mol. The topological polar surface area (TPSA) is 38.8 Å². The molecule has 2 heterocycles. The van der Waals surface area contributed by atoms with Gasteiger partial charge in [-0.1, -0.05) is 6.08 Å². The molecule has 1 fully saturated rings. The molecule has 0 N–H and O–H groups in total. The molecule has 0 spiro atoms. The van der Waals surface area contributed by atoms with Gasteiger partial charge in [0, 0.05) is 6.42 Å². The van der Waals surface area contributed by atoms with Crippen molar-refractivity contribution in [3.8, 4) is 0 Å². The summed E-state index contributed by atoms with van der Waals surface area (Å²) in [5.74, 6) is 0.114. The molecule has 2 rings (SSSR count). The first-order valence-electron chi connectivity index (χ1n) is 4.92. The van der Waals surface area contributed by atoms with Crippen molar-refractivity contribution in [2.45, 2.75) is 37.6 Å². The van der Waals surface area contributed by atoms with Crippen molar-refractivity contribution in [3.05, 3.63) is 25.0 Å². The van der Waals surface area contributed by atoms with Crippen LogP contribution < -0.4 is 0 Å². The van der Waals surface area contributed by atoms with E-state index in [9.17, 15) is 4.79 Å². The summed E-state index contributed by atoms with van der Waals surface area (Å²) in [4.78, 5) is 11.4. The maximum atomic E-state index is 11.4. The first-order valence-corrected chi connectivity index (χ1v) is 4.92. The number of allylic oxidation sites excluding steroid dienone is 2. The van der Waals surface area contributed by atoms with E-state index in [4.69, 9.17) is 9.47 Å². The van der Waals surface area contributed by atoms with E-state index >= 15 is 0 Å². The number of rotatable bonds is 4. The lowest BCUT2D eigenvalue weighted by Crippen LogP contribution is -2.23. The van der Waals surface area contributed by atoms with Gasteiger partial charge in [0.2, 0.25) is 0 Å². The van der Waals surface area contributed by atoms with Crippen molar-refractivity contribution in [2.24, 2.45) is 0 Å². The van der Waals surface area contributed by atoms with Gasteiger partial charge in [-0.05, 0) is 18.9 Å². The lowest BCUT2D eigenvalue weighted by Gasteiger charge is -2.16. The van der Waals surface area contributed by atoms with E-state index in [1.165, 1.54) is 0 Å². The van der Waals surface area contributed by atoms with Crippen molar-refractivity contribution in [2.75, 3.05) is 0 Å². The molecule has 3 nitrogen and oxygen atoms in total. The second kappa shape index (κ2) is 3.96. The van der Waals surface area contributed by atoms with Gasteiger partial charge in [-0.3, -0.25) is 4.79 Å². The lowest BCUT2D eigenvalue weighted by atomic mass is 10.0. The molecule has 0 aromatic carbocycles. The summed E-state index contributed by atoms with van der Waals surface area (Å²) in [5.41, 5.74) is 0. The molecule has 0 amide bonds. The second-order valence-electron chi connectivity index (χ2n) is 3.60. The number of carbonyl (C=O) groups excluding carboxylic acids is 1. The van der Waals surface area contributed by atoms with Crippen LogP contribution in [0.1, 0.15) is 19.3 Å². The lowest BCUT2D eigenvalue weighted by molar-refractivity contribution is -0.119. The summed E-state index contributed by atoms with van der Waals surface area (Å²) in [5, 5.41) is 0. The zero-order chi connectivity index (χ0) is 9.97. The standard InChI is InChI=1S/C11H14O3/c1-2-5-8(12)10-11(14-10)9-6-3-4-7-13-9/h2,4,7,9-11H,1,3,5-6H2. The number of ether oxygens (including phenoxy) is 2. The van der Waals surface area contributed by atoms with E-state index in [0.717, 1.165) is 12.8 Å². The molecular weight excluding hydrogens is 180 g/mol. The molecule has 14 heavy (non-hydrogen) atoms. The zero-order valence-electron chi connectivity index (χ0n) is 8.02. The first kappa shape index (κ1) is 9.46. The van der Waals surface area contributed by atoms with Crippen molar-refractivity contribution in [1.82, 2.24) is 0 Å². The molecule has 3 heteroatoms. The Balaban J connectivity index is 1.83. The molecule has 0 radical (unpaired) electrons. The molecule has 0 aliphatic carbocycles. The smallest absolute Gasteiger partial charge is 0.168 e. The van der Waals surface area contributed by atoms with E-state index < -0.39 is 0 Å². The Labute approximate surface area is 83.4 Å². The van der Waals surface area contributed by atoms with E-state index in [1.54, 1.807) is 12.3 Å². The molecule has 3 atom stereocenters. The highest BCUT2D eigenvalue weighted by Crippen LogP contribution is 2.32. The van der Waals surface area contributed by atoms with Gasteiger partial charge in [0.1, 0.15) is 18.3 Å². The number of hydrogen-bond donors (Lipinski definition) is 0. The largest absolute Gasteiger partial charge is 0.496 e. The molecule has 0 bridgehead atoms. The van der Waals surface area contributed by atoms with Gasteiger partial charge >= 0.3 is 0 Å². The number of carbonyl (C=O) groups is 1. The fourth-order valence-corrected chi connectivity index (χ4v) is 1.72. The minimum atomic E-state index is -0.246. The van der Waals surface area contributed by atoms with Gasteiger partial charge in [-0.25, -0.2) is 0 Å². The monoisotopic (exact) mass is 194 g/mol. The maximum absolute atomic E-state index is 11.4. The highest BCUT2D eigenvalue weighted by molar-refractivity contribution is 5.87. The van der Waals surface area contributed by atoms with Crippen LogP contribution in [0.25, 0.3) is 0 Å². The molecule has 3 unspecified atom stereocenters. The summed E-state index contributed by atoms with van der Waals surface area (Å²) in [6.07, 6.45) is 7.44. The normalized spacial score (nSPS) is 34.7. The van der Waals surface area contributed by atoms with Crippen LogP contribution in [0.15, 0.2) is 25.0 Å². The summed E-state index contributed by atoms with van der Waals surface area (Å²) in [7, 11) is 0. The minimum Gasteiger partial charge on any atom is -0.496 e. The molecular formula is C11H14O3. The average Bonchev–Trinajstić information content (AvgIpc) is 2.99. The summed E-state index contributed by atoms with van der Waals surface area (Å²) < 4.78 is 10.7. The first-order chi connectivity index (χ1) is 6.83. The Morgan fingerprint density at radius 2 is 2.50 bits per heavy atom. The summed E-state index contributed by atoms with van der Waals surface area (Å²) in [6, 6.07) is 0. The number of ketones is 1. The predicted octanol–water partition coefficient (Wildman–Crippen LogP) is 1.59. The van der Waals surface area contributed by atoms with Crippen molar-refractivity contribution in [3.63, 3.8) is 0 Å².